The summed E-state index contributed by atoms with van der Waals surface area (Å²) < 4.78 is 2.11. The molecule has 0 bridgehead atoms. The van der Waals surface area contributed by atoms with Gasteiger partial charge in [0, 0.05) is 42.9 Å². The van der Waals surface area contributed by atoms with Crippen molar-refractivity contribution in [3.05, 3.63) is 95.4 Å². The number of hydrogen-bond acceptors (Lipinski definition) is 4. The van der Waals surface area contributed by atoms with Crippen LogP contribution in [-0.2, 0) is 19.5 Å². The number of fused-ring (bicyclic) bond motifs is 2. The number of pyridine rings is 1. The zero-order valence-corrected chi connectivity index (χ0v) is 21.6. The fraction of sp³-hybridized carbons (Fsp3) is 0.406. The topological polar surface area (TPSA) is 51.0 Å². The number of carbonyl (C=O) groups is 1. The van der Waals surface area contributed by atoms with Crippen molar-refractivity contribution in [1.29, 1.82) is 0 Å². The molecule has 37 heavy (non-hydrogen) atoms. The third-order valence-corrected chi connectivity index (χ3v) is 8.42. The molecule has 0 N–H and O–H groups in total. The van der Waals surface area contributed by atoms with E-state index >= 15 is 0 Å². The summed E-state index contributed by atoms with van der Waals surface area (Å²) in [7, 11) is 0. The maximum atomic E-state index is 13.1. The maximum Gasteiger partial charge on any atom is 0.163 e. The molecule has 0 saturated heterocycles. The minimum Gasteiger partial charge on any atom is -0.297 e. The maximum absolute atomic E-state index is 13.1. The highest BCUT2D eigenvalue weighted by Gasteiger charge is 2.26. The minimum atomic E-state index is 0.276. The molecule has 3 heterocycles. The number of benzene rings is 2. The van der Waals surface area contributed by atoms with Crippen LogP contribution in [0.5, 0.6) is 0 Å². The van der Waals surface area contributed by atoms with Crippen molar-refractivity contribution in [2.45, 2.75) is 58.0 Å². The summed E-state index contributed by atoms with van der Waals surface area (Å²) in [4.78, 5) is 20.1. The number of nitrogens with zero attached hydrogens (tertiary/aromatic N) is 4. The molecule has 5 heteroatoms. The van der Waals surface area contributed by atoms with Gasteiger partial charge in [-0.1, -0.05) is 61.4 Å². The number of hydrogen-bond donors (Lipinski definition) is 0. The van der Waals surface area contributed by atoms with Gasteiger partial charge in [0.25, 0.3) is 0 Å². The highest BCUT2D eigenvalue weighted by molar-refractivity contribution is 6.07. The van der Waals surface area contributed by atoms with E-state index < -0.39 is 0 Å². The number of carbonyl (C=O) groups excluding carboxylic acids is 1. The van der Waals surface area contributed by atoms with Crippen LogP contribution in [0.4, 0.5) is 0 Å². The van der Waals surface area contributed by atoms with Crippen molar-refractivity contribution in [3.63, 3.8) is 0 Å². The molecule has 0 spiro atoms. The Morgan fingerprint density at radius 2 is 1.76 bits per heavy atom. The van der Waals surface area contributed by atoms with E-state index in [-0.39, 0.29) is 5.78 Å². The Balaban J connectivity index is 0.962. The van der Waals surface area contributed by atoms with Crippen molar-refractivity contribution >= 4 is 16.7 Å². The second kappa shape index (κ2) is 11.0. The van der Waals surface area contributed by atoms with Gasteiger partial charge in [0.05, 0.1) is 17.8 Å². The molecule has 1 fully saturated rings. The van der Waals surface area contributed by atoms with Crippen molar-refractivity contribution in [1.82, 2.24) is 19.7 Å². The number of Topliss-reactive ketones (excluding diaryl/α,β-unsaturated/α-hetero) is 1. The van der Waals surface area contributed by atoms with E-state index in [1.54, 1.807) is 6.20 Å². The molecule has 1 aliphatic heterocycles. The van der Waals surface area contributed by atoms with Gasteiger partial charge in [-0.25, -0.2) is 0 Å². The Morgan fingerprint density at radius 1 is 0.919 bits per heavy atom. The minimum absolute atomic E-state index is 0.276. The van der Waals surface area contributed by atoms with E-state index in [1.807, 2.05) is 30.3 Å². The van der Waals surface area contributed by atoms with Gasteiger partial charge >= 0.3 is 0 Å². The Kier molecular flexibility index (Phi) is 7.13. The second-order valence-corrected chi connectivity index (χ2v) is 11.0. The van der Waals surface area contributed by atoms with E-state index in [0.717, 1.165) is 55.0 Å². The van der Waals surface area contributed by atoms with Gasteiger partial charge in [-0.15, -0.1) is 0 Å². The Morgan fingerprint density at radius 3 is 2.62 bits per heavy atom. The van der Waals surface area contributed by atoms with E-state index in [0.29, 0.717) is 12.3 Å². The van der Waals surface area contributed by atoms with Crippen LogP contribution < -0.4 is 0 Å². The van der Waals surface area contributed by atoms with Gasteiger partial charge in [0.2, 0.25) is 0 Å². The summed E-state index contributed by atoms with van der Waals surface area (Å²) in [5.41, 5.74) is 5.71. The summed E-state index contributed by atoms with van der Waals surface area (Å²) in [5, 5.41) is 5.90. The number of ketones is 1. The molecule has 5 nitrogen and oxygen atoms in total. The lowest BCUT2D eigenvalue weighted by molar-refractivity contribution is 0.0941. The predicted molar refractivity (Wildman–Crippen MR) is 148 cm³/mol. The molecule has 0 unspecified atom stereocenters. The third-order valence-electron chi connectivity index (χ3n) is 8.42. The van der Waals surface area contributed by atoms with Crippen LogP contribution in [0.1, 0.15) is 65.7 Å². The van der Waals surface area contributed by atoms with Crippen LogP contribution in [0.15, 0.2) is 73.1 Å². The van der Waals surface area contributed by atoms with Crippen LogP contribution in [0.25, 0.3) is 10.9 Å². The molecule has 2 aromatic carbocycles. The Hall–Kier alpha value is -3.31. The smallest absolute Gasteiger partial charge is 0.163 e. The summed E-state index contributed by atoms with van der Waals surface area (Å²) in [5.74, 6) is 1.57. The molecule has 1 aliphatic carbocycles. The largest absolute Gasteiger partial charge is 0.297 e. The first-order valence-electron chi connectivity index (χ1n) is 13.9. The van der Waals surface area contributed by atoms with Gasteiger partial charge in [0.1, 0.15) is 0 Å². The van der Waals surface area contributed by atoms with Crippen LogP contribution in [-0.4, -0.2) is 38.5 Å². The van der Waals surface area contributed by atoms with Gasteiger partial charge in [-0.3, -0.25) is 19.4 Å². The number of rotatable bonds is 8. The van der Waals surface area contributed by atoms with Gasteiger partial charge in [-0.2, -0.15) is 5.10 Å². The van der Waals surface area contributed by atoms with Crippen LogP contribution >= 0.6 is 0 Å². The highest BCUT2D eigenvalue weighted by atomic mass is 16.1. The first-order chi connectivity index (χ1) is 18.2. The van der Waals surface area contributed by atoms with E-state index in [9.17, 15) is 4.79 Å². The van der Waals surface area contributed by atoms with E-state index in [2.05, 4.69) is 51.1 Å². The normalized spacial score (nSPS) is 20.1. The molecule has 0 radical (unpaired) electrons. The molecular weight excluding hydrogens is 456 g/mol. The van der Waals surface area contributed by atoms with Gasteiger partial charge < -0.3 is 0 Å². The van der Waals surface area contributed by atoms with Gasteiger partial charge in [-0.05, 0) is 67.3 Å². The lowest BCUT2D eigenvalue weighted by atomic mass is 9.78. The molecule has 2 aromatic heterocycles. The predicted octanol–water partition coefficient (Wildman–Crippen LogP) is 6.31. The van der Waals surface area contributed by atoms with Crippen LogP contribution in [0.2, 0.25) is 0 Å². The lowest BCUT2D eigenvalue weighted by Crippen LogP contribution is -2.32. The van der Waals surface area contributed by atoms with Crippen LogP contribution in [0, 0.1) is 11.8 Å². The van der Waals surface area contributed by atoms with E-state index in [1.165, 1.54) is 48.9 Å². The van der Waals surface area contributed by atoms with Crippen molar-refractivity contribution in [2.24, 2.45) is 11.8 Å². The van der Waals surface area contributed by atoms with Gasteiger partial charge in [0.15, 0.2) is 5.78 Å². The van der Waals surface area contributed by atoms with Crippen molar-refractivity contribution in [2.75, 3.05) is 13.1 Å². The summed E-state index contributed by atoms with van der Waals surface area (Å²) in [6.07, 6.45) is 11.9. The molecule has 1 saturated carbocycles. The van der Waals surface area contributed by atoms with E-state index in [4.69, 9.17) is 5.10 Å². The summed E-state index contributed by atoms with van der Waals surface area (Å²) >= 11 is 0. The van der Waals surface area contributed by atoms with Crippen molar-refractivity contribution in [3.8, 4) is 0 Å². The number of aromatic nitrogens is 3. The molecule has 0 amide bonds. The highest BCUT2D eigenvalue weighted by Crippen LogP contribution is 2.34. The molecule has 4 aromatic rings. The standard InChI is InChI=1S/C32H36N4O/c37-32(29-8-4-10-30-28(29)9-5-17-33-30)20-25-13-11-24(12-14-25)15-18-35-19-16-27-22-36(34-31(27)23-35)21-26-6-2-1-3-7-26/h1-10,17,22,24-25H,11-16,18-21,23H2. The first kappa shape index (κ1) is 24.1. The molecule has 2 aliphatic rings. The average molecular weight is 493 g/mol. The zero-order chi connectivity index (χ0) is 25.0. The fourth-order valence-electron chi connectivity index (χ4n) is 6.26. The Bertz CT molecular complexity index is 1350. The lowest BCUT2D eigenvalue weighted by Gasteiger charge is -2.31. The molecule has 190 valence electrons. The summed E-state index contributed by atoms with van der Waals surface area (Å²) in [6, 6.07) is 20.4. The zero-order valence-electron chi connectivity index (χ0n) is 21.6. The second-order valence-electron chi connectivity index (χ2n) is 11.0. The molecular formula is C32H36N4O. The average Bonchev–Trinajstić information content (AvgIpc) is 3.34. The monoisotopic (exact) mass is 492 g/mol. The van der Waals surface area contributed by atoms with Crippen molar-refractivity contribution < 1.29 is 4.79 Å². The fourth-order valence-corrected chi connectivity index (χ4v) is 6.26. The van der Waals surface area contributed by atoms with Crippen LogP contribution in [0.3, 0.4) is 0 Å². The Labute approximate surface area is 219 Å². The first-order valence-corrected chi connectivity index (χ1v) is 13.9. The quantitative estimate of drug-likeness (QED) is 0.271. The molecule has 0 atom stereocenters. The SMILES string of the molecule is O=C(CC1CCC(CCN2CCc3cn(Cc4ccccc4)nc3C2)CC1)c1cccc2ncccc12. The molecule has 6 rings (SSSR count). The third kappa shape index (κ3) is 5.67. The summed E-state index contributed by atoms with van der Waals surface area (Å²) in [6.45, 7) is 4.11.